The lowest BCUT2D eigenvalue weighted by atomic mass is 10.3. The minimum atomic E-state index is -2.17. The first kappa shape index (κ1) is 40.5. The Labute approximate surface area is 258 Å². The lowest BCUT2D eigenvalue weighted by Gasteiger charge is -2.34. The Balaban J connectivity index is 6.32. The molecule has 0 unspecified atom stereocenters. The fraction of sp³-hybridized carbons (Fsp3) is 0.800. The summed E-state index contributed by atoms with van der Waals surface area (Å²) >= 11 is 0. The molecule has 10 heteroatoms. The van der Waals surface area contributed by atoms with E-state index in [2.05, 4.69) is 136 Å². The molecular weight excluding hydrogens is 588 g/mol. The summed E-state index contributed by atoms with van der Waals surface area (Å²) in [5.41, 5.74) is 15.1. The molecule has 0 fully saturated rings. The van der Waals surface area contributed by atoms with Crippen molar-refractivity contribution in [2.45, 2.75) is 156 Å². The zero-order valence-corrected chi connectivity index (χ0v) is 35.6. The van der Waals surface area contributed by atoms with E-state index in [9.17, 15) is 0 Å². The van der Waals surface area contributed by atoms with Crippen LogP contribution in [0.15, 0.2) is 34.2 Å². The molecule has 0 rings (SSSR count). The van der Waals surface area contributed by atoms with Crippen LogP contribution in [0.3, 0.4) is 0 Å². The number of rotatable bonds is 21. The van der Waals surface area contributed by atoms with Gasteiger partial charge in [0, 0.05) is 0 Å². The average Bonchev–Trinajstić information content (AvgIpc) is 2.91. The van der Waals surface area contributed by atoms with Gasteiger partial charge in [0.15, 0.2) is 25.0 Å². The van der Waals surface area contributed by atoms with Crippen LogP contribution in [0.5, 0.6) is 0 Å². The first-order valence-corrected chi connectivity index (χ1v) is 33.7. The van der Waals surface area contributed by atoms with Crippen LogP contribution in [0.2, 0.25) is 93.7 Å². The predicted octanol–water partition coefficient (Wildman–Crippen LogP) is 11.1. The van der Waals surface area contributed by atoms with E-state index in [4.69, 9.17) is 13.0 Å². The minimum absolute atomic E-state index is 0.605. The van der Waals surface area contributed by atoms with E-state index in [1.54, 1.807) is 0 Å². The zero-order chi connectivity index (χ0) is 31.3. The maximum absolute atomic E-state index is 6.91. The van der Waals surface area contributed by atoms with E-state index in [1.807, 2.05) is 0 Å². The van der Waals surface area contributed by atoms with Crippen molar-refractivity contribution in [1.29, 1.82) is 0 Å². The van der Waals surface area contributed by atoms with Crippen LogP contribution in [-0.2, 0) is 13.0 Å². The fourth-order valence-electron chi connectivity index (χ4n) is 5.38. The monoisotopic (exact) mass is 656 g/mol. The summed E-state index contributed by atoms with van der Waals surface area (Å²) in [6.07, 6.45) is 0. The molecule has 0 aliphatic carbocycles. The molecule has 0 aliphatic rings. The molecule has 0 aromatic carbocycles. The van der Waals surface area contributed by atoms with Crippen molar-refractivity contribution in [3.63, 3.8) is 0 Å². The quantitative estimate of drug-likeness (QED) is 0.115. The highest BCUT2D eigenvalue weighted by Gasteiger charge is 2.41. The topological polar surface area (TPSA) is 27.7 Å². The second-order valence-corrected chi connectivity index (χ2v) is 40.6. The Hall–Kier alpha value is 0.466. The molecule has 0 bridgehead atoms. The summed E-state index contributed by atoms with van der Waals surface area (Å²) < 4.78 is 20.7. The third-order valence-electron chi connectivity index (χ3n) is 10.1. The van der Waals surface area contributed by atoms with Gasteiger partial charge >= 0.3 is 7.32 Å². The maximum atomic E-state index is 6.91. The molecule has 234 valence electrons. The molecule has 0 aromatic rings. The Morgan fingerprint density at radius 3 is 0.675 bits per heavy atom. The summed E-state index contributed by atoms with van der Waals surface area (Å²) in [6, 6.07) is 11.6. The average molecular weight is 657 g/mol. The normalized spacial score (nSPS) is 14.8. The second kappa shape index (κ2) is 17.7. The van der Waals surface area contributed by atoms with Crippen molar-refractivity contribution in [1.82, 2.24) is 0 Å². The molecule has 0 heterocycles. The SMILES string of the molecule is CC[Si](/C=C/[Si](C)(C)OB(O[Si](C)(C)/C=C/[Si](CC)(CC)CC)O[Si](C)(C)/C=C/[Si](CC)(CC)CC)(CC)CC. The van der Waals surface area contributed by atoms with E-state index in [0.717, 1.165) is 0 Å². The van der Waals surface area contributed by atoms with Crippen molar-refractivity contribution >= 4 is 56.5 Å². The van der Waals surface area contributed by atoms with Crippen molar-refractivity contribution in [3.05, 3.63) is 34.2 Å². The summed E-state index contributed by atoms with van der Waals surface area (Å²) in [4.78, 5) is 0. The highest BCUT2D eigenvalue weighted by atomic mass is 28.4. The van der Waals surface area contributed by atoms with Gasteiger partial charge in [0.2, 0.25) is 0 Å². The minimum Gasteiger partial charge on any atom is -0.426 e. The fourth-order valence-corrected chi connectivity index (χ4v) is 23.4. The molecular formula is C30H69BO3Si6. The van der Waals surface area contributed by atoms with E-state index < -0.39 is 56.5 Å². The van der Waals surface area contributed by atoms with Crippen molar-refractivity contribution in [2.75, 3.05) is 0 Å². The zero-order valence-electron chi connectivity index (χ0n) is 29.6. The van der Waals surface area contributed by atoms with Gasteiger partial charge in [0.05, 0.1) is 24.2 Å². The molecule has 0 aromatic heterocycles. The van der Waals surface area contributed by atoms with Gasteiger partial charge in [-0.3, -0.25) is 0 Å². The Morgan fingerprint density at radius 2 is 0.525 bits per heavy atom. The molecule has 0 radical (unpaired) electrons. The number of hydrogen-bond donors (Lipinski definition) is 0. The third kappa shape index (κ3) is 13.4. The highest BCUT2D eigenvalue weighted by Crippen LogP contribution is 2.27. The molecule has 3 nitrogen and oxygen atoms in total. The van der Waals surface area contributed by atoms with Crippen molar-refractivity contribution < 1.29 is 13.0 Å². The van der Waals surface area contributed by atoms with Crippen LogP contribution in [0.25, 0.3) is 0 Å². The number of hydrogen-bond acceptors (Lipinski definition) is 3. The standard InChI is InChI=1S/C30H69BO3Si6/c1-16-38(17-2,18-3)28-25-35(10,11)32-31(33-36(12,13)26-29-39(19-4,20-5)21-6)34-37(14,15)27-30-40(22-7,23-8)24-9/h25-30H,16-24H2,1-15H3/b28-25+,29-26+,30-27+. The lowest BCUT2D eigenvalue weighted by Crippen LogP contribution is -2.51. The molecule has 0 atom stereocenters. The van der Waals surface area contributed by atoms with Crippen molar-refractivity contribution in [3.8, 4) is 0 Å². The Morgan fingerprint density at radius 1 is 0.350 bits per heavy atom. The first-order chi connectivity index (χ1) is 18.5. The second-order valence-electron chi connectivity index (χ2n) is 13.7. The largest absolute Gasteiger partial charge is 0.607 e. The highest BCUT2D eigenvalue weighted by molar-refractivity contribution is 6.92. The van der Waals surface area contributed by atoms with Crippen LogP contribution in [0.1, 0.15) is 62.3 Å². The molecule has 0 saturated heterocycles. The van der Waals surface area contributed by atoms with Crippen LogP contribution in [-0.4, -0.2) is 56.5 Å². The summed E-state index contributed by atoms with van der Waals surface area (Å²) in [6.45, 7) is 35.2. The van der Waals surface area contributed by atoms with Gasteiger partial charge in [0.1, 0.15) is 0 Å². The van der Waals surface area contributed by atoms with Gasteiger partial charge in [-0.05, 0) is 39.3 Å². The Kier molecular flexibility index (Phi) is 17.9. The summed E-state index contributed by atoms with van der Waals surface area (Å²) in [5.74, 6) is 0. The molecule has 0 spiro atoms. The smallest absolute Gasteiger partial charge is 0.426 e. The molecule has 0 saturated carbocycles. The van der Waals surface area contributed by atoms with Gasteiger partial charge in [-0.1, -0.05) is 151 Å². The molecule has 0 N–H and O–H groups in total. The molecule has 40 heavy (non-hydrogen) atoms. The van der Waals surface area contributed by atoms with Crippen LogP contribution >= 0.6 is 0 Å². The van der Waals surface area contributed by atoms with E-state index in [1.165, 1.54) is 54.4 Å². The van der Waals surface area contributed by atoms with Gasteiger partial charge in [-0.25, -0.2) is 0 Å². The van der Waals surface area contributed by atoms with E-state index >= 15 is 0 Å². The van der Waals surface area contributed by atoms with Crippen LogP contribution in [0, 0.1) is 0 Å². The van der Waals surface area contributed by atoms with E-state index in [-0.39, 0.29) is 0 Å². The first-order valence-electron chi connectivity index (χ1n) is 16.6. The van der Waals surface area contributed by atoms with Gasteiger partial charge < -0.3 is 13.0 Å². The molecule has 0 aliphatic heterocycles. The predicted molar refractivity (Wildman–Crippen MR) is 200 cm³/mol. The van der Waals surface area contributed by atoms with Crippen LogP contribution in [0.4, 0.5) is 0 Å². The Bertz CT molecular complexity index is 672. The van der Waals surface area contributed by atoms with Gasteiger partial charge in [-0.15, -0.1) is 0 Å². The van der Waals surface area contributed by atoms with Gasteiger partial charge in [-0.2, -0.15) is 0 Å². The van der Waals surface area contributed by atoms with Crippen molar-refractivity contribution in [2.24, 2.45) is 0 Å². The van der Waals surface area contributed by atoms with Crippen LogP contribution < -0.4 is 0 Å². The van der Waals surface area contributed by atoms with E-state index in [0.29, 0.717) is 0 Å². The maximum Gasteiger partial charge on any atom is 0.607 e. The third-order valence-corrected chi connectivity index (χ3v) is 31.7. The summed E-state index contributed by atoms with van der Waals surface area (Å²) in [7, 11) is -11.2. The lowest BCUT2D eigenvalue weighted by molar-refractivity contribution is 0.304. The summed E-state index contributed by atoms with van der Waals surface area (Å²) in [5, 5.41) is 0. The van der Waals surface area contributed by atoms with Gasteiger partial charge in [0.25, 0.3) is 0 Å². The molecule has 0 amide bonds.